The van der Waals surface area contributed by atoms with Crippen molar-refractivity contribution in [2.45, 2.75) is 25.0 Å². The lowest BCUT2D eigenvalue weighted by molar-refractivity contribution is -0.128. The largest absolute Gasteiger partial charge is 0.495 e. The van der Waals surface area contributed by atoms with E-state index in [-0.39, 0.29) is 11.8 Å². The minimum atomic E-state index is -0.705. The summed E-state index contributed by atoms with van der Waals surface area (Å²) in [7, 11) is 1.53. The summed E-state index contributed by atoms with van der Waals surface area (Å²) in [5, 5.41) is 0. The van der Waals surface area contributed by atoms with E-state index in [1.165, 1.54) is 12.0 Å². The van der Waals surface area contributed by atoms with Gasteiger partial charge in [-0.15, -0.1) is 0 Å². The zero-order valence-corrected chi connectivity index (χ0v) is 12.7. The summed E-state index contributed by atoms with van der Waals surface area (Å²) >= 11 is 0. The van der Waals surface area contributed by atoms with Gasteiger partial charge in [0.05, 0.1) is 35.8 Å². The van der Waals surface area contributed by atoms with Crippen LogP contribution in [0.3, 0.4) is 0 Å². The van der Waals surface area contributed by atoms with Crippen LogP contribution in [0, 0.1) is 11.8 Å². The van der Waals surface area contributed by atoms with Crippen LogP contribution in [-0.2, 0) is 14.3 Å². The number of imide groups is 1. The van der Waals surface area contributed by atoms with Crippen LogP contribution in [0.1, 0.15) is 13.8 Å². The van der Waals surface area contributed by atoms with E-state index in [2.05, 4.69) is 0 Å². The van der Waals surface area contributed by atoms with E-state index in [4.69, 9.17) is 9.47 Å². The third kappa shape index (κ3) is 1.42. The average Bonchev–Trinajstić information content (AvgIpc) is 3.04. The first-order valence-corrected chi connectivity index (χ1v) is 7.33. The number of benzene rings is 1. The molecule has 3 aliphatic heterocycles. The van der Waals surface area contributed by atoms with Crippen LogP contribution in [0.4, 0.5) is 5.69 Å². The molecule has 5 heteroatoms. The fourth-order valence-corrected chi connectivity index (χ4v) is 4.08. The molecule has 0 N–H and O–H groups in total. The Bertz CT molecular complexity index is 691. The molecule has 0 radical (unpaired) electrons. The van der Waals surface area contributed by atoms with Gasteiger partial charge in [-0.1, -0.05) is 24.3 Å². The monoisotopic (exact) mass is 299 g/mol. The van der Waals surface area contributed by atoms with Crippen molar-refractivity contribution in [2.24, 2.45) is 11.8 Å². The van der Waals surface area contributed by atoms with Crippen LogP contribution in [0.25, 0.3) is 0 Å². The van der Waals surface area contributed by atoms with Crippen molar-refractivity contribution in [1.29, 1.82) is 0 Å². The topological polar surface area (TPSA) is 55.8 Å². The van der Waals surface area contributed by atoms with E-state index in [1.54, 1.807) is 18.2 Å². The van der Waals surface area contributed by atoms with Gasteiger partial charge >= 0.3 is 0 Å². The van der Waals surface area contributed by atoms with Crippen molar-refractivity contribution < 1.29 is 19.1 Å². The molecule has 0 saturated carbocycles. The van der Waals surface area contributed by atoms with Gasteiger partial charge in [0.2, 0.25) is 11.8 Å². The van der Waals surface area contributed by atoms with Crippen molar-refractivity contribution in [3.8, 4) is 5.75 Å². The molecule has 2 amide bonds. The molecule has 0 unspecified atom stereocenters. The molecule has 0 spiro atoms. The second-order valence-electron chi connectivity index (χ2n) is 6.44. The molecular weight excluding hydrogens is 282 g/mol. The summed E-state index contributed by atoms with van der Waals surface area (Å²) in [5.74, 6) is -0.856. The van der Waals surface area contributed by atoms with Crippen LogP contribution >= 0.6 is 0 Å². The number of carbonyl (C=O) groups excluding carboxylic acids is 2. The lowest BCUT2D eigenvalue weighted by Crippen LogP contribution is -2.39. The summed E-state index contributed by atoms with van der Waals surface area (Å²) in [6, 6.07) is 7.08. The van der Waals surface area contributed by atoms with Crippen molar-refractivity contribution in [3.05, 3.63) is 36.4 Å². The molecule has 1 aromatic carbocycles. The van der Waals surface area contributed by atoms with E-state index in [0.29, 0.717) is 11.4 Å². The minimum absolute atomic E-state index is 0.213. The smallest absolute Gasteiger partial charge is 0.241 e. The molecular formula is C17H17NO4. The first-order chi connectivity index (χ1) is 10.4. The number of hydrogen-bond acceptors (Lipinski definition) is 4. The highest BCUT2D eigenvalue weighted by atomic mass is 16.5. The van der Waals surface area contributed by atoms with E-state index in [9.17, 15) is 9.59 Å². The number of carbonyl (C=O) groups is 2. The summed E-state index contributed by atoms with van der Waals surface area (Å²) in [6.07, 6.45) is 3.82. The molecule has 0 aliphatic carbocycles. The maximum absolute atomic E-state index is 12.9. The number of anilines is 1. The highest BCUT2D eigenvalue weighted by Crippen LogP contribution is 2.57. The van der Waals surface area contributed by atoms with Gasteiger partial charge in [-0.3, -0.25) is 9.59 Å². The number of nitrogens with zero attached hydrogens (tertiary/aromatic N) is 1. The first kappa shape index (κ1) is 13.5. The maximum Gasteiger partial charge on any atom is 0.241 e. The quantitative estimate of drug-likeness (QED) is 0.618. The van der Waals surface area contributed by atoms with Crippen LogP contribution < -0.4 is 9.64 Å². The molecule has 22 heavy (non-hydrogen) atoms. The van der Waals surface area contributed by atoms with E-state index in [0.717, 1.165) is 0 Å². The Morgan fingerprint density at radius 2 is 1.59 bits per heavy atom. The second kappa shape index (κ2) is 3.98. The van der Waals surface area contributed by atoms with E-state index < -0.39 is 23.0 Å². The lowest BCUT2D eigenvalue weighted by Gasteiger charge is -2.26. The van der Waals surface area contributed by atoms with Crippen LogP contribution in [0.15, 0.2) is 36.4 Å². The molecule has 2 saturated heterocycles. The Labute approximate surface area is 128 Å². The van der Waals surface area contributed by atoms with Crippen LogP contribution in [0.5, 0.6) is 5.75 Å². The fourth-order valence-electron chi connectivity index (χ4n) is 4.08. The van der Waals surface area contributed by atoms with Gasteiger partial charge in [-0.2, -0.15) is 0 Å². The zero-order chi connectivity index (χ0) is 15.7. The highest BCUT2D eigenvalue weighted by molar-refractivity contribution is 6.24. The summed E-state index contributed by atoms with van der Waals surface area (Å²) in [6.45, 7) is 3.74. The molecule has 0 aromatic heterocycles. The Morgan fingerprint density at radius 3 is 2.14 bits per heavy atom. The van der Waals surface area contributed by atoms with Gasteiger partial charge in [0.15, 0.2) is 0 Å². The lowest BCUT2D eigenvalue weighted by atomic mass is 9.73. The molecule has 114 valence electrons. The molecule has 4 rings (SSSR count). The average molecular weight is 299 g/mol. The first-order valence-electron chi connectivity index (χ1n) is 7.33. The van der Waals surface area contributed by atoms with Gasteiger partial charge < -0.3 is 9.47 Å². The summed E-state index contributed by atoms with van der Waals surface area (Å²) in [4.78, 5) is 27.1. The molecule has 4 atom stereocenters. The number of methoxy groups -OCH3 is 1. The van der Waals surface area contributed by atoms with E-state index >= 15 is 0 Å². The van der Waals surface area contributed by atoms with Gasteiger partial charge in [-0.05, 0) is 26.0 Å². The second-order valence-corrected chi connectivity index (χ2v) is 6.44. The third-order valence-corrected chi connectivity index (χ3v) is 5.05. The Hall–Kier alpha value is -2.14. The minimum Gasteiger partial charge on any atom is -0.495 e. The van der Waals surface area contributed by atoms with Gasteiger partial charge in [0.25, 0.3) is 0 Å². The highest BCUT2D eigenvalue weighted by Gasteiger charge is 2.70. The predicted molar refractivity (Wildman–Crippen MR) is 79.5 cm³/mol. The number of amides is 2. The molecule has 1 aromatic rings. The number of ether oxygens (including phenoxy) is 2. The van der Waals surface area contributed by atoms with Gasteiger partial charge in [0, 0.05) is 0 Å². The molecule has 5 nitrogen and oxygen atoms in total. The maximum atomic E-state index is 12.9. The van der Waals surface area contributed by atoms with Crippen molar-refractivity contribution in [2.75, 3.05) is 12.0 Å². The number of fused-ring (bicyclic) bond motifs is 5. The molecule has 3 heterocycles. The number of rotatable bonds is 2. The van der Waals surface area contributed by atoms with Crippen molar-refractivity contribution >= 4 is 17.5 Å². The Balaban J connectivity index is 1.83. The Kier molecular flexibility index (Phi) is 2.45. The SMILES string of the molecule is COc1ccccc1N1C(=O)[C@H]2[C@H](C1=O)[C@]1(C)C=C[C@@]2(C)O1. The summed E-state index contributed by atoms with van der Waals surface area (Å²) in [5.41, 5.74) is -0.910. The normalized spacial score (nSPS) is 38.8. The Morgan fingerprint density at radius 1 is 1.05 bits per heavy atom. The third-order valence-electron chi connectivity index (χ3n) is 5.05. The van der Waals surface area contributed by atoms with Crippen LogP contribution in [-0.4, -0.2) is 30.1 Å². The molecule has 2 bridgehead atoms. The van der Waals surface area contributed by atoms with Gasteiger partial charge in [-0.25, -0.2) is 4.90 Å². The van der Waals surface area contributed by atoms with Crippen molar-refractivity contribution in [3.63, 3.8) is 0 Å². The van der Waals surface area contributed by atoms with Gasteiger partial charge in [0.1, 0.15) is 5.75 Å². The molecule has 2 fully saturated rings. The fraction of sp³-hybridized carbons (Fsp3) is 0.412. The number of para-hydroxylation sites is 2. The van der Waals surface area contributed by atoms with Crippen molar-refractivity contribution in [1.82, 2.24) is 0 Å². The molecule has 3 aliphatic rings. The predicted octanol–water partition coefficient (Wildman–Crippen LogP) is 1.92. The van der Waals surface area contributed by atoms with Crippen LogP contribution in [0.2, 0.25) is 0 Å². The summed E-state index contributed by atoms with van der Waals surface area (Å²) < 4.78 is 11.3. The standard InChI is InChI=1S/C17H17NO4/c1-16-8-9-17(2,22-16)13-12(16)14(19)18(15(13)20)10-6-4-5-7-11(10)21-3/h4-9,12-13H,1-3H3/t12-,13-,16-,17+/m1/s1. The zero-order valence-electron chi connectivity index (χ0n) is 12.7. The number of hydrogen-bond donors (Lipinski definition) is 0. The van der Waals surface area contributed by atoms with E-state index in [1.807, 2.05) is 32.1 Å².